The zero-order chi connectivity index (χ0) is 26.6. The van der Waals surface area contributed by atoms with Crippen LogP contribution in [0.25, 0.3) is 5.76 Å². The third kappa shape index (κ3) is 5.23. The molecule has 0 aromatic heterocycles. The van der Waals surface area contributed by atoms with Crippen LogP contribution in [0.3, 0.4) is 0 Å². The molecule has 10 nitrogen and oxygen atoms in total. The van der Waals surface area contributed by atoms with Gasteiger partial charge in [-0.15, -0.1) is 0 Å². The van der Waals surface area contributed by atoms with Crippen molar-refractivity contribution in [1.82, 2.24) is 9.21 Å². The maximum atomic E-state index is 13.1. The Kier molecular flexibility index (Phi) is 8.39. The Hall–Kier alpha value is -3.41. The molecule has 2 aromatic carbocycles. The summed E-state index contributed by atoms with van der Waals surface area (Å²) >= 11 is 0. The number of phenols is 1. The van der Waals surface area contributed by atoms with Gasteiger partial charge in [0.15, 0.2) is 11.5 Å². The number of hydrogen-bond donors (Lipinski definition) is 2. The van der Waals surface area contributed by atoms with Gasteiger partial charge in [0, 0.05) is 39.9 Å². The largest absolute Gasteiger partial charge is 0.507 e. The molecular formula is C25H30N2O8S. The second-order valence-electron chi connectivity index (χ2n) is 8.31. The molecule has 0 saturated carbocycles. The quantitative estimate of drug-likeness (QED) is 0.212. The van der Waals surface area contributed by atoms with Gasteiger partial charge in [0.2, 0.25) is 10.0 Å². The number of aliphatic hydroxyl groups is 1. The summed E-state index contributed by atoms with van der Waals surface area (Å²) in [5.41, 5.74) is 0.492. The first-order valence-corrected chi connectivity index (χ1v) is 12.7. The number of ketones is 1. The Balaban J connectivity index is 2.14. The number of Topliss-reactive ketones (excluding diaryl/α,β-unsaturated/α-hetero) is 1. The van der Waals surface area contributed by atoms with Crippen LogP contribution in [-0.4, -0.2) is 80.5 Å². The van der Waals surface area contributed by atoms with E-state index in [-0.39, 0.29) is 40.7 Å². The highest BCUT2D eigenvalue weighted by Gasteiger charge is 2.46. The number of carbonyl (C=O) groups excluding carboxylic acids is 2. The molecule has 194 valence electrons. The number of aromatic hydroxyl groups is 1. The van der Waals surface area contributed by atoms with Crippen LogP contribution in [0.15, 0.2) is 52.9 Å². The van der Waals surface area contributed by atoms with Gasteiger partial charge in [0.05, 0.1) is 23.1 Å². The van der Waals surface area contributed by atoms with Crippen LogP contribution >= 0.6 is 0 Å². The molecule has 36 heavy (non-hydrogen) atoms. The zero-order valence-electron chi connectivity index (χ0n) is 20.6. The molecule has 0 aliphatic carbocycles. The molecule has 0 spiro atoms. The Bertz CT molecular complexity index is 1270. The number of carbonyl (C=O) groups is 2. The summed E-state index contributed by atoms with van der Waals surface area (Å²) in [7, 11) is 0.648. The van der Waals surface area contributed by atoms with Crippen LogP contribution in [0, 0.1) is 0 Å². The van der Waals surface area contributed by atoms with Crippen LogP contribution in [0.2, 0.25) is 0 Å². The lowest BCUT2D eigenvalue weighted by Crippen LogP contribution is -2.31. The molecule has 11 heteroatoms. The third-order valence-corrected chi connectivity index (χ3v) is 7.62. The van der Waals surface area contributed by atoms with Crippen LogP contribution < -0.4 is 4.74 Å². The normalized spacial score (nSPS) is 17.7. The SMILES string of the molecule is CCOc1cc(C2/C(=C(\O)c3ccc(S(=O)(=O)N(C)C)cc3)C(=O)C(=O)N2CCCOC)ccc1O. The van der Waals surface area contributed by atoms with Gasteiger partial charge in [0.1, 0.15) is 5.76 Å². The van der Waals surface area contributed by atoms with Crippen molar-refractivity contribution in [3.05, 3.63) is 59.2 Å². The van der Waals surface area contributed by atoms with E-state index in [1.807, 2.05) is 0 Å². The van der Waals surface area contributed by atoms with Crippen molar-refractivity contribution in [3.8, 4) is 11.5 Å². The molecular weight excluding hydrogens is 488 g/mol. The van der Waals surface area contributed by atoms with Crippen molar-refractivity contribution in [1.29, 1.82) is 0 Å². The number of ether oxygens (including phenoxy) is 2. The number of nitrogens with zero attached hydrogens (tertiary/aromatic N) is 2. The summed E-state index contributed by atoms with van der Waals surface area (Å²) in [6.07, 6.45) is 0.452. The first-order valence-electron chi connectivity index (χ1n) is 11.3. The third-order valence-electron chi connectivity index (χ3n) is 5.79. The van der Waals surface area contributed by atoms with Crippen molar-refractivity contribution in [2.45, 2.75) is 24.3 Å². The highest BCUT2D eigenvalue weighted by molar-refractivity contribution is 7.89. The van der Waals surface area contributed by atoms with Gasteiger partial charge in [-0.25, -0.2) is 12.7 Å². The van der Waals surface area contributed by atoms with Crippen LogP contribution in [-0.2, 0) is 24.3 Å². The van der Waals surface area contributed by atoms with Crippen LogP contribution in [0.4, 0.5) is 0 Å². The first-order chi connectivity index (χ1) is 17.0. The standard InChI is InChI=1S/C25H30N2O8S/c1-5-35-20-15-17(9-12-19(20)28)22-21(24(30)25(31)27(22)13-6-14-34-4)23(29)16-7-10-18(11-8-16)36(32,33)26(2)3/h7-12,15,22,28-29H,5-6,13-14H2,1-4H3/b23-21+. The van der Waals surface area contributed by atoms with E-state index in [1.54, 1.807) is 13.0 Å². The Morgan fingerprint density at radius 3 is 2.36 bits per heavy atom. The van der Waals surface area contributed by atoms with E-state index < -0.39 is 33.5 Å². The summed E-state index contributed by atoms with van der Waals surface area (Å²) in [6.45, 7) is 2.58. The first kappa shape index (κ1) is 27.2. The molecule has 0 radical (unpaired) electrons. The maximum Gasteiger partial charge on any atom is 0.295 e. The minimum Gasteiger partial charge on any atom is -0.507 e. The Labute approximate surface area is 210 Å². The molecule has 2 aromatic rings. The fraction of sp³-hybridized carbons (Fsp3) is 0.360. The summed E-state index contributed by atoms with van der Waals surface area (Å²) in [5, 5.41) is 21.3. The maximum absolute atomic E-state index is 13.1. The van der Waals surface area contributed by atoms with Gasteiger partial charge in [-0.3, -0.25) is 9.59 Å². The van der Waals surface area contributed by atoms with E-state index in [0.717, 1.165) is 4.31 Å². The number of rotatable bonds is 10. The van der Waals surface area contributed by atoms with Crippen molar-refractivity contribution in [2.24, 2.45) is 0 Å². The van der Waals surface area contributed by atoms with Gasteiger partial charge >= 0.3 is 0 Å². The molecule has 1 aliphatic heterocycles. The predicted octanol–water partition coefficient (Wildman–Crippen LogP) is 2.50. The van der Waals surface area contributed by atoms with E-state index in [9.17, 15) is 28.2 Å². The van der Waals surface area contributed by atoms with Crippen molar-refractivity contribution in [2.75, 3.05) is 41.0 Å². The molecule has 0 bridgehead atoms. The van der Waals surface area contributed by atoms with Crippen molar-refractivity contribution < 1.29 is 37.7 Å². The number of amides is 1. The summed E-state index contributed by atoms with van der Waals surface area (Å²) in [5.74, 6) is -2.01. The highest BCUT2D eigenvalue weighted by atomic mass is 32.2. The van der Waals surface area contributed by atoms with Gasteiger partial charge in [-0.05, 0) is 55.3 Å². The monoisotopic (exact) mass is 518 g/mol. The van der Waals surface area contributed by atoms with Crippen molar-refractivity contribution in [3.63, 3.8) is 0 Å². The topological polar surface area (TPSA) is 134 Å². The molecule has 2 N–H and O–H groups in total. The number of methoxy groups -OCH3 is 1. The number of aliphatic hydroxyl groups excluding tert-OH is 1. The van der Waals surface area contributed by atoms with E-state index in [1.165, 1.54) is 62.5 Å². The molecule has 1 aliphatic rings. The molecule has 1 fully saturated rings. The number of sulfonamides is 1. The summed E-state index contributed by atoms with van der Waals surface area (Å²) in [6, 6.07) is 8.93. The van der Waals surface area contributed by atoms with E-state index in [2.05, 4.69) is 0 Å². The average Bonchev–Trinajstić information content (AvgIpc) is 3.10. The lowest BCUT2D eigenvalue weighted by atomic mass is 9.95. The van der Waals surface area contributed by atoms with Gasteiger partial charge < -0.3 is 24.6 Å². The average molecular weight is 519 g/mol. The lowest BCUT2D eigenvalue weighted by Gasteiger charge is -2.25. The molecule has 1 atom stereocenters. The summed E-state index contributed by atoms with van der Waals surface area (Å²) in [4.78, 5) is 27.5. The second-order valence-corrected chi connectivity index (χ2v) is 10.5. The van der Waals surface area contributed by atoms with Crippen molar-refractivity contribution >= 4 is 27.5 Å². The Morgan fingerprint density at radius 1 is 1.11 bits per heavy atom. The fourth-order valence-corrected chi connectivity index (χ4v) is 4.86. The fourth-order valence-electron chi connectivity index (χ4n) is 3.96. The van der Waals surface area contributed by atoms with E-state index >= 15 is 0 Å². The minimum atomic E-state index is -3.69. The predicted molar refractivity (Wildman–Crippen MR) is 132 cm³/mol. The van der Waals surface area contributed by atoms with Gasteiger partial charge in [0.25, 0.3) is 11.7 Å². The number of benzene rings is 2. The second kappa shape index (κ2) is 11.1. The van der Waals surface area contributed by atoms with E-state index in [4.69, 9.17) is 9.47 Å². The molecule has 3 rings (SSSR count). The molecule has 1 saturated heterocycles. The highest BCUT2D eigenvalue weighted by Crippen LogP contribution is 2.42. The molecule has 1 unspecified atom stereocenters. The Morgan fingerprint density at radius 2 is 1.78 bits per heavy atom. The van der Waals surface area contributed by atoms with E-state index in [0.29, 0.717) is 18.6 Å². The number of hydrogen-bond acceptors (Lipinski definition) is 8. The number of phenolic OH excluding ortho intramolecular Hbond substituents is 1. The lowest BCUT2D eigenvalue weighted by molar-refractivity contribution is -0.140. The molecule has 1 heterocycles. The minimum absolute atomic E-state index is 0.0144. The zero-order valence-corrected chi connectivity index (χ0v) is 21.4. The smallest absolute Gasteiger partial charge is 0.295 e. The number of likely N-dealkylation sites (tertiary alicyclic amines) is 1. The van der Waals surface area contributed by atoms with Crippen LogP contribution in [0.5, 0.6) is 11.5 Å². The van der Waals surface area contributed by atoms with Gasteiger partial charge in [-0.2, -0.15) is 0 Å². The summed E-state index contributed by atoms with van der Waals surface area (Å²) < 4.78 is 36.4. The molecule has 1 amide bonds. The van der Waals surface area contributed by atoms with Gasteiger partial charge in [-0.1, -0.05) is 6.07 Å². The van der Waals surface area contributed by atoms with Crippen LogP contribution in [0.1, 0.15) is 30.5 Å².